The van der Waals surface area contributed by atoms with Gasteiger partial charge in [-0.05, 0) is 65.6 Å². The highest BCUT2D eigenvalue weighted by Gasteiger charge is 2.23. The summed E-state index contributed by atoms with van der Waals surface area (Å²) >= 11 is 0. The fourth-order valence-corrected chi connectivity index (χ4v) is 3.06. The van der Waals surface area contributed by atoms with Crippen molar-refractivity contribution < 1.29 is 0 Å². The van der Waals surface area contributed by atoms with Gasteiger partial charge in [0.05, 0.1) is 6.07 Å². The summed E-state index contributed by atoms with van der Waals surface area (Å²) in [6, 6.07) is 3.15. The van der Waals surface area contributed by atoms with Crippen LogP contribution in [-0.4, -0.2) is 37.1 Å². The number of rotatable bonds is 7. The van der Waals surface area contributed by atoms with Gasteiger partial charge < -0.3 is 10.2 Å². The Labute approximate surface area is 119 Å². The lowest BCUT2D eigenvalue weighted by atomic mass is 9.86. The summed E-state index contributed by atoms with van der Waals surface area (Å²) in [5.41, 5.74) is -0.349. The maximum Gasteiger partial charge on any atom is 0.103 e. The van der Waals surface area contributed by atoms with E-state index in [-0.39, 0.29) is 5.54 Å². The molecule has 1 saturated carbocycles. The van der Waals surface area contributed by atoms with E-state index in [4.69, 9.17) is 5.26 Å². The third kappa shape index (κ3) is 5.50. The van der Waals surface area contributed by atoms with Crippen molar-refractivity contribution in [3.8, 4) is 6.07 Å². The molecule has 0 saturated heterocycles. The van der Waals surface area contributed by atoms with Crippen LogP contribution in [0.5, 0.6) is 0 Å². The third-order valence-electron chi connectivity index (χ3n) is 4.77. The first-order valence-electron chi connectivity index (χ1n) is 7.81. The lowest BCUT2D eigenvalue weighted by molar-refractivity contribution is 0.161. The summed E-state index contributed by atoms with van der Waals surface area (Å²) in [6.07, 6.45) is 8.79. The molecule has 1 aliphatic carbocycles. The largest absolute Gasteiger partial charge is 0.303 e. The van der Waals surface area contributed by atoms with E-state index in [0.29, 0.717) is 0 Å². The van der Waals surface area contributed by atoms with Crippen molar-refractivity contribution in [2.45, 2.75) is 70.4 Å². The van der Waals surface area contributed by atoms with Gasteiger partial charge in [0.15, 0.2) is 0 Å². The van der Waals surface area contributed by atoms with Crippen LogP contribution < -0.4 is 5.32 Å². The van der Waals surface area contributed by atoms with Crippen molar-refractivity contribution in [1.29, 1.82) is 5.26 Å². The van der Waals surface area contributed by atoms with E-state index >= 15 is 0 Å². The van der Waals surface area contributed by atoms with Gasteiger partial charge in [-0.3, -0.25) is 0 Å². The van der Waals surface area contributed by atoms with Crippen LogP contribution in [0.3, 0.4) is 0 Å². The Kier molecular flexibility index (Phi) is 6.82. The summed E-state index contributed by atoms with van der Waals surface area (Å²) in [6.45, 7) is 5.54. The normalized spacial score (nSPS) is 26.9. The van der Waals surface area contributed by atoms with E-state index in [1.165, 1.54) is 38.6 Å². The molecule has 0 aromatic rings. The molecule has 3 atom stereocenters. The molecular weight excluding hydrogens is 234 g/mol. The predicted octanol–water partition coefficient (Wildman–Crippen LogP) is 3.17. The predicted molar refractivity (Wildman–Crippen MR) is 81.0 cm³/mol. The molecule has 3 unspecified atom stereocenters. The number of hydrogen-bond acceptors (Lipinski definition) is 3. The molecule has 1 fully saturated rings. The number of unbranched alkanes of at least 4 members (excludes halogenated alkanes) is 1. The molecule has 1 aliphatic rings. The van der Waals surface area contributed by atoms with Crippen LogP contribution in [-0.2, 0) is 0 Å². The summed E-state index contributed by atoms with van der Waals surface area (Å²) in [5, 5.41) is 12.2. The standard InChI is InChI=1S/C16H31N3/c1-14-8-7-9-15(12-14)19(4)11-6-5-10-16(2,13-17)18-3/h14-15,18H,5-12H2,1-4H3. The van der Waals surface area contributed by atoms with Gasteiger partial charge in [0.2, 0.25) is 0 Å². The Bertz CT molecular complexity index is 297. The van der Waals surface area contributed by atoms with E-state index in [2.05, 4.69) is 30.3 Å². The number of nitrogens with one attached hydrogen (secondary N) is 1. The van der Waals surface area contributed by atoms with E-state index in [1.807, 2.05) is 14.0 Å². The maximum absolute atomic E-state index is 9.10. The Balaban J connectivity index is 2.20. The van der Waals surface area contributed by atoms with Crippen molar-refractivity contribution in [3.63, 3.8) is 0 Å². The monoisotopic (exact) mass is 265 g/mol. The van der Waals surface area contributed by atoms with Crippen molar-refractivity contribution in [1.82, 2.24) is 10.2 Å². The van der Waals surface area contributed by atoms with Gasteiger partial charge in [0.25, 0.3) is 0 Å². The zero-order valence-corrected chi connectivity index (χ0v) is 13.2. The summed E-state index contributed by atoms with van der Waals surface area (Å²) < 4.78 is 0. The highest BCUT2D eigenvalue weighted by molar-refractivity contribution is 5.02. The molecule has 1 N–H and O–H groups in total. The Hall–Kier alpha value is -0.590. The molecule has 0 aliphatic heterocycles. The summed E-state index contributed by atoms with van der Waals surface area (Å²) in [5.74, 6) is 0.896. The van der Waals surface area contributed by atoms with Gasteiger partial charge in [-0.1, -0.05) is 19.8 Å². The number of nitrogens with zero attached hydrogens (tertiary/aromatic N) is 2. The highest BCUT2D eigenvalue weighted by Crippen LogP contribution is 2.26. The van der Waals surface area contributed by atoms with Crippen LogP contribution in [0.25, 0.3) is 0 Å². The first kappa shape index (κ1) is 16.5. The zero-order valence-electron chi connectivity index (χ0n) is 13.2. The van der Waals surface area contributed by atoms with Gasteiger partial charge >= 0.3 is 0 Å². The Morgan fingerprint density at radius 3 is 2.68 bits per heavy atom. The number of nitriles is 1. The lowest BCUT2D eigenvalue weighted by Crippen LogP contribution is -2.38. The van der Waals surface area contributed by atoms with E-state index < -0.39 is 0 Å². The minimum absolute atomic E-state index is 0.349. The van der Waals surface area contributed by atoms with Crippen molar-refractivity contribution in [2.75, 3.05) is 20.6 Å². The molecule has 110 valence electrons. The van der Waals surface area contributed by atoms with Gasteiger partial charge in [-0.15, -0.1) is 0 Å². The molecule has 0 aromatic carbocycles. The summed E-state index contributed by atoms with van der Waals surface area (Å²) in [7, 11) is 4.14. The highest BCUT2D eigenvalue weighted by atomic mass is 15.1. The fourth-order valence-electron chi connectivity index (χ4n) is 3.06. The first-order chi connectivity index (χ1) is 9.00. The van der Waals surface area contributed by atoms with Crippen LogP contribution in [0.4, 0.5) is 0 Å². The SMILES string of the molecule is CNC(C)(C#N)CCCCN(C)C1CCCC(C)C1. The minimum atomic E-state index is -0.349. The van der Waals surface area contributed by atoms with E-state index in [9.17, 15) is 0 Å². The average molecular weight is 265 g/mol. The van der Waals surface area contributed by atoms with Crippen molar-refractivity contribution >= 4 is 0 Å². The molecule has 3 heteroatoms. The Morgan fingerprint density at radius 1 is 1.37 bits per heavy atom. The average Bonchev–Trinajstić information content (AvgIpc) is 2.43. The van der Waals surface area contributed by atoms with E-state index in [0.717, 1.165) is 24.8 Å². The first-order valence-corrected chi connectivity index (χ1v) is 7.81. The van der Waals surface area contributed by atoms with Crippen LogP contribution in [0.1, 0.15) is 58.8 Å². The molecule has 0 aromatic heterocycles. The lowest BCUT2D eigenvalue weighted by Gasteiger charge is -2.34. The van der Waals surface area contributed by atoms with Crippen LogP contribution in [0, 0.1) is 17.2 Å². The second-order valence-electron chi connectivity index (χ2n) is 6.56. The van der Waals surface area contributed by atoms with Gasteiger partial charge in [0.1, 0.15) is 5.54 Å². The van der Waals surface area contributed by atoms with Crippen molar-refractivity contribution in [2.24, 2.45) is 5.92 Å². The molecule has 19 heavy (non-hydrogen) atoms. The van der Waals surface area contributed by atoms with E-state index in [1.54, 1.807) is 0 Å². The molecule has 0 bridgehead atoms. The van der Waals surface area contributed by atoms with Crippen molar-refractivity contribution in [3.05, 3.63) is 0 Å². The second-order valence-corrected chi connectivity index (χ2v) is 6.56. The molecule has 0 heterocycles. The summed E-state index contributed by atoms with van der Waals surface area (Å²) in [4.78, 5) is 2.54. The van der Waals surface area contributed by atoms with Gasteiger partial charge in [0, 0.05) is 6.04 Å². The Morgan fingerprint density at radius 2 is 2.11 bits per heavy atom. The fraction of sp³-hybridized carbons (Fsp3) is 0.938. The van der Waals surface area contributed by atoms with Gasteiger partial charge in [-0.25, -0.2) is 0 Å². The van der Waals surface area contributed by atoms with Crippen LogP contribution in [0.2, 0.25) is 0 Å². The smallest absolute Gasteiger partial charge is 0.103 e. The zero-order chi connectivity index (χ0) is 14.3. The minimum Gasteiger partial charge on any atom is -0.303 e. The maximum atomic E-state index is 9.10. The third-order valence-corrected chi connectivity index (χ3v) is 4.77. The molecule has 1 rings (SSSR count). The van der Waals surface area contributed by atoms with Gasteiger partial charge in [-0.2, -0.15) is 5.26 Å². The molecular formula is C16H31N3. The quantitative estimate of drug-likeness (QED) is 0.719. The van der Waals surface area contributed by atoms with Crippen LogP contribution >= 0.6 is 0 Å². The second kappa shape index (κ2) is 7.87. The molecule has 0 spiro atoms. The molecule has 3 nitrogen and oxygen atoms in total. The molecule has 0 amide bonds. The number of hydrogen-bond donors (Lipinski definition) is 1. The topological polar surface area (TPSA) is 39.1 Å². The van der Waals surface area contributed by atoms with Crippen LogP contribution in [0.15, 0.2) is 0 Å². The molecule has 0 radical (unpaired) electrons.